The number of rotatable bonds is 7. The predicted octanol–water partition coefficient (Wildman–Crippen LogP) is 2.52. The smallest absolute Gasteiger partial charge is 0.352 e. The lowest BCUT2D eigenvalue weighted by Gasteiger charge is -2.31. The third kappa shape index (κ3) is 5.59. The van der Waals surface area contributed by atoms with Crippen LogP contribution in [0.3, 0.4) is 0 Å². The van der Waals surface area contributed by atoms with Gasteiger partial charge in [-0.2, -0.15) is 9.78 Å². The Morgan fingerprint density at radius 2 is 1.92 bits per heavy atom. The summed E-state index contributed by atoms with van der Waals surface area (Å²) in [5.41, 5.74) is -1.16. The molecule has 37 heavy (non-hydrogen) atoms. The molecule has 10 nitrogen and oxygen atoms in total. The first-order valence-electron chi connectivity index (χ1n) is 11.9. The number of hydrogen-bond donors (Lipinski definition) is 0. The van der Waals surface area contributed by atoms with Crippen LogP contribution in [0.1, 0.15) is 35.8 Å². The van der Waals surface area contributed by atoms with Crippen LogP contribution >= 0.6 is 11.6 Å². The molecule has 1 saturated heterocycles. The topological polar surface area (TPSA) is 113 Å². The molecule has 2 aromatic carbocycles. The van der Waals surface area contributed by atoms with Crippen LogP contribution in [0.25, 0.3) is 5.69 Å². The Kier molecular flexibility index (Phi) is 8.08. The fourth-order valence-corrected chi connectivity index (χ4v) is 4.46. The number of piperidine rings is 1. The molecule has 2 heterocycles. The number of amides is 1. The van der Waals surface area contributed by atoms with Crippen LogP contribution in [0.2, 0.25) is 5.02 Å². The van der Waals surface area contributed by atoms with E-state index in [0.29, 0.717) is 41.4 Å². The number of methoxy groups -OCH3 is 1. The van der Waals surface area contributed by atoms with Crippen LogP contribution in [-0.4, -0.2) is 57.9 Å². The van der Waals surface area contributed by atoms with E-state index in [0.717, 1.165) is 9.25 Å². The minimum Gasteiger partial charge on any atom is -0.497 e. The van der Waals surface area contributed by atoms with Crippen molar-refractivity contribution in [3.05, 3.63) is 85.6 Å². The van der Waals surface area contributed by atoms with Crippen LogP contribution in [0, 0.1) is 5.92 Å². The standard InChI is InChI=1S/C26H27ClN4O6/c1-3-37-25(34)18-9-7-13-29(15-18)23(32)22-24(33)30(16-17-8-4-5-12-21(17)27)26(35)31(28-22)19-10-6-11-20(14-19)36-2/h4-6,8,10-12,14,18H,3,7,9,13,15-16H2,1-2H3/t18-/m0/s1. The Bertz CT molecular complexity index is 1430. The van der Waals surface area contributed by atoms with Gasteiger partial charge in [-0.3, -0.25) is 19.0 Å². The molecule has 0 N–H and O–H groups in total. The van der Waals surface area contributed by atoms with Gasteiger partial charge in [-0.15, -0.1) is 0 Å². The van der Waals surface area contributed by atoms with Crippen LogP contribution < -0.4 is 16.0 Å². The number of aromatic nitrogens is 3. The van der Waals surface area contributed by atoms with Crippen molar-refractivity contribution in [1.29, 1.82) is 0 Å². The third-order valence-electron chi connectivity index (χ3n) is 6.18. The predicted molar refractivity (Wildman–Crippen MR) is 136 cm³/mol. The zero-order valence-electron chi connectivity index (χ0n) is 20.6. The number of esters is 1. The van der Waals surface area contributed by atoms with Crippen LogP contribution in [0.4, 0.5) is 0 Å². The van der Waals surface area contributed by atoms with Crippen LogP contribution in [0.5, 0.6) is 5.75 Å². The van der Waals surface area contributed by atoms with Crippen molar-refractivity contribution < 1.29 is 19.1 Å². The Labute approximate surface area is 218 Å². The first-order valence-corrected chi connectivity index (χ1v) is 12.3. The number of nitrogens with zero attached hydrogens (tertiary/aromatic N) is 4. The maximum absolute atomic E-state index is 13.6. The van der Waals surface area contributed by atoms with Gasteiger partial charge in [-0.25, -0.2) is 4.79 Å². The van der Waals surface area contributed by atoms with Gasteiger partial charge in [-0.1, -0.05) is 35.9 Å². The van der Waals surface area contributed by atoms with E-state index in [9.17, 15) is 19.2 Å². The summed E-state index contributed by atoms with van der Waals surface area (Å²) >= 11 is 6.30. The second-order valence-corrected chi connectivity index (χ2v) is 8.98. The fraction of sp³-hybridized carbons (Fsp3) is 0.346. The van der Waals surface area contributed by atoms with Gasteiger partial charge < -0.3 is 14.4 Å². The van der Waals surface area contributed by atoms with Gasteiger partial charge in [0.05, 0.1) is 31.9 Å². The molecule has 11 heteroatoms. The van der Waals surface area contributed by atoms with Crippen molar-refractivity contribution in [3.8, 4) is 11.4 Å². The highest BCUT2D eigenvalue weighted by molar-refractivity contribution is 6.31. The number of hydrogen-bond acceptors (Lipinski definition) is 7. The Morgan fingerprint density at radius 1 is 1.14 bits per heavy atom. The lowest BCUT2D eigenvalue weighted by atomic mass is 9.98. The SMILES string of the molecule is CCOC(=O)[C@H]1CCCN(C(=O)c2nn(-c3cccc(OC)c3)c(=O)n(Cc3ccccc3Cl)c2=O)C1. The molecule has 0 spiro atoms. The third-order valence-corrected chi connectivity index (χ3v) is 6.54. The van der Waals surface area contributed by atoms with Crippen molar-refractivity contribution in [2.75, 3.05) is 26.8 Å². The van der Waals surface area contributed by atoms with E-state index < -0.39 is 28.8 Å². The summed E-state index contributed by atoms with van der Waals surface area (Å²) in [6.45, 7) is 2.25. The first kappa shape index (κ1) is 26.2. The summed E-state index contributed by atoms with van der Waals surface area (Å²) in [4.78, 5) is 54.2. The number of carbonyl (C=O) groups excluding carboxylic acids is 2. The van der Waals surface area contributed by atoms with E-state index in [-0.39, 0.29) is 25.7 Å². The van der Waals surface area contributed by atoms with Crippen molar-refractivity contribution in [2.45, 2.75) is 26.3 Å². The highest BCUT2D eigenvalue weighted by Gasteiger charge is 2.32. The lowest BCUT2D eigenvalue weighted by Crippen LogP contribution is -2.49. The number of ether oxygens (including phenoxy) is 2. The highest BCUT2D eigenvalue weighted by Crippen LogP contribution is 2.20. The summed E-state index contributed by atoms with van der Waals surface area (Å²) < 4.78 is 12.3. The fourth-order valence-electron chi connectivity index (χ4n) is 4.26. The molecule has 1 aliphatic rings. The Hall–Kier alpha value is -3.92. The van der Waals surface area contributed by atoms with Gasteiger partial charge >= 0.3 is 11.7 Å². The summed E-state index contributed by atoms with van der Waals surface area (Å²) in [5.74, 6) is -1.07. The van der Waals surface area contributed by atoms with Gasteiger partial charge in [0.15, 0.2) is 0 Å². The summed E-state index contributed by atoms with van der Waals surface area (Å²) in [6.07, 6.45) is 1.15. The van der Waals surface area contributed by atoms with Gasteiger partial charge in [0.1, 0.15) is 5.75 Å². The van der Waals surface area contributed by atoms with E-state index >= 15 is 0 Å². The lowest BCUT2D eigenvalue weighted by molar-refractivity contribution is -0.149. The molecule has 0 radical (unpaired) electrons. The number of halogens is 1. The monoisotopic (exact) mass is 526 g/mol. The number of likely N-dealkylation sites (tertiary alicyclic amines) is 1. The minimum absolute atomic E-state index is 0.0988. The quantitative estimate of drug-likeness (QED) is 0.435. The maximum atomic E-state index is 13.6. The Morgan fingerprint density at radius 3 is 2.65 bits per heavy atom. The molecule has 1 amide bonds. The number of benzene rings is 2. The second-order valence-electron chi connectivity index (χ2n) is 8.57. The van der Waals surface area contributed by atoms with E-state index in [4.69, 9.17) is 21.1 Å². The average Bonchev–Trinajstić information content (AvgIpc) is 2.92. The molecule has 1 aliphatic heterocycles. The van der Waals surface area contributed by atoms with Gasteiger partial charge in [0, 0.05) is 24.2 Å². The van der Waals surface area contributed by atoms with Gasteiger partial charge in [0.25, 0.3) is 11.5 Å². The van der Waals surface area contributed by atoms with Crippen LogP contribution in [-0.2, 0) is 16.1 Å². The highest BCUT2D eigenvalue weighted by atomic mass is 35.5. The van der Waals surface area contributed by atoms with Gasteiger partial charge in [0.2, 0.25) is 5.69 Å². The molecule has 1 atom stereocenters. The normalized spacial score (nSPS) is 15.3. The molecule has 0 aliphatic carbocycles. The molecule has 0 bridgehead atoms. The van der Waals surface area contributed by atoms with E-state index in [1.807, 2.05) is 0 Å². The molecule has 1 aromatic heterocycles. The first-order chi connectivity index (χ1) is 17.8. The van der Waals surface area contributed by atoms with Crippen molar-refractivity contribution >= 4 is 23.5 Å². The van der Waals surface area contributed by atoms with Crippen molar-refractivity contribution in [2.24, 2.45) is 5.92 Å². The molecule has 0 saturated carbocycles. The zero-order valence-corrected chi connectivity index (χ0v) is 21.3. The van der Waals surface area contributed by atoms with Gasteiger partial charge in [-0.05, 0) is 43.5 Å². The molecule has 194 valence electrons. The summed E-state index contributed by atoms with van der Waals surface area (Å²) in [5, 5.41) is 4.57. The molecular formula is C26H27ClN4O6. The zero-order chi connectivity index (χ0) is 26.5. The van der Waals surface area contributed by atoms with E-state index in [1.54, 1.807) is 55.5 Å². The summed E-state index contributed by atoms with van der Waals surface area (Å²) in [7, 11) is 1.49. The van der Waals surface area contributed by atoms with Crippen molar-refractivity contribution in [1.82, 2.24) is 19.2 Å². The average molecular weight is 527 g/mol. The molecular weight excluding hydrogens is 500 g/mol. The maximum Gasteiger partial charge on any atom is 0.352 e. The molecule has 3 aromatic rings. The minimum atomic E-state index is -0.840. The second kappa shape index (κ2) is 11.4. The molecule has 0 unspecified atom stereocenters. The Balaban J connectivity index is 1.81. The molecule has 1 fully saturated rings. The molecule has 4 rings (SSSR count). The van der Waals surface area contributed by atoms with Crippen LogP contribution in [0.15, 0.2) is 58.1 Å². The van der Waals surface area contributed by atoms with E-state index in [2.05, 4.69) is 5.10 Å². The summed E-state index contributed by atoms with van der Waals surface area (Å²) in [6, 6.07) is 13.4. The van der Waals surface area contributed by atoms with Crippen molar-refractivity contribution in [3.63, 3.8) is 0 Å². The number of carbonyl (C=O) groups is 2. The van der Waals surface area contributed by atoms with E-state index in [1.165, 1.54) is 12.0 Å². The largest absolute Gasteiger partial charge is 0.497 e.